The van der Waals surface area contributed by atoms with Gasteiger partial charge in [-0.2, -0.15) is 0 Å². The molecule has 3 aromatic rings. The van der Waals surface area contributed by atoms with Crippen molar-refractivity contribution in [1.29, 1.82) is 0 Å². The molecule has 0 fully saturated rings. The average molecular weight is 585 g/mol. The summed E-state index contributed by atoms with van der Waals surface area (Å²) in [6.07, 6.45) is 1.57. The fourth-order valence-corrected chi connectivity index (χ4v) is 6.48. The number of aromatic nitrogens is 4. The van der Waals surface area contributed by atoms with Gasteiger partial charge in [0.25, 0.3) is 0 Å². The molecule has 0 spiro atoms. The molecular weight excluding hydrogens is 544 g/mol. The van der Waals surface area contributed by atoms with Crippen LogP contribution in [-0.2, 0) is 20.9 Å². The quantitative estimate of drug-likeness (QED) is 0.275. The average Bonchev–Trinajstić information content (AvgIpc) is 3.68. The van der Waals surface area contributed by atoms with Gasteiger partial charge in [0.05, 0.1) is 43.3 Å². The van der Waals surface area contributed by atoms with Gasteiger partial charge in [-0.3, -0.25) is 9.78 Å². The minimum absolute atomic E-state index is 0.0186. The lowest BCUT2D eigenvalue weighted by molar-refractivity contribution is -0.140. The molecule has 2 aliphatic heterocycles. The fourth-order valence-electron chi connectivity index (χ4n) is 6.48. The molecule has 2 aliphatic rings. The van der Waals surface area contributed by atoms with Crippen molar-refractivity contribution in [3.8, 4) is 0 Å². The van der Waals surface area contributed by atoms with Crippen LogP contribution < -0.4 is 0 Å². The molecule has 3 aromatic heterocycles. The van der Waals surface area contributed by atoms with Crippen LogP contribution in [0.15, 0.2) is 18.2 Å². The summed E-state index contributed by atoms with van der Waals surface area (Å²) >= 11 is 0. The maximum absolute atomic E-state index is 13.2. The van der Waals surface area contributed by atoms with E-state index < -0.39 is 5.97 Å². The molecular formula is C34H40N4O5. The Labute approximate surface area is 251 Å². The van der Waals surface area contributed by atoms with Crippen LogP contribution in [0.1, 0.15) is 107 Å². The number of carbonyl (C=O) groups is 2. The number of H-pyrrole nitrogens is 2. The zero-order valence-electron chi connectivity index (χ0n) is 26.2. The molecule has 226 valence electrons. The van der Waals surface area contributed by atoms with E-state index in [0.717, 1.165) is 79.1 Å². The highest BCUT2D eigenvalue weighted by Crippen LogP contribution is 2.42. The molecule has 5 heterocycles. The van der Waals surface area contributed by atoms with E-state index in [1.165, 1.54) is 14.2 Å². The molecule has 5 rings (SSSR count). The molecule has 0 aromatic carbocycles. The summed E-state index contributed by atoms with van der Waals surface area (Å²) in [7, 11) is 2.78. The topological polar surface area (TPSA) is 130 Å². The Balaban J connectivity index is 1.96. The van der Waals surface area contributed by atoms with E-state index in [2.05, 4.69) is 30.7 Å². The SMILES string of the molecule is CCC1=C(C)c2cc3[nH]c(cc4nc(c(C)c5[nH]c(cc1n2)c(C)c5C(=O)OC)[C@@H](CCC(=O)OC)[C@@H]4C)c(C)c3CO. The molecule has 8 bridgehead atoms. The summed E-state index contributed by atoms with van der Waals surface area (Å²) < 4.78 is 10.2. The monoisotopic (exact) mass is 584 g/mol. The number of carbonyl (C=O) groups excluding carboxylic acids is 2. The van der Waals surface area contributed by atoms with Crippen LogP contribution in [-0.4, -0.2) is 51.2 Å². The van der Waals surface area contributed by atoms with Crippen LogP contribution in [0.5, 0.6) is 0 Å². The van der Waals surface area contributed by atoms with Gasteiger partial charge in [0.15, 0.2) is 0 Å². The lowest BCUT2D eigenvalue weighted by Gasteiger charge is -2.16. The van der Waals surface area contributed by atoms with Gasteiger partial charge in [-0.25, -0.2) is 9.78 Å². The van der Waals surface area contributed by atoms with E-state index in [0.29, 0.717) is 17.5 Å². The Morgan fingerprint density at radius 2 is 1.60 bits per heavy atom. The lowest BCUT2D eigenvalue weighted by atomic mass is 9.86. The first-order chi connectivity index (χ1) is 20.5. The Morgan fingerprint density at radius 3 is 2.26 bits per heavy atom. The van der Waals surface area contributed by atoms with E-state index >= 15 is 0 Å². The van der Waals surface area contributed by atoms with Gasteiger partial charge < -0.3 is 24.5 Å². The second-order valence-electron chi connectivity index (χ2n) is 11.4. The molecule has 0 saturated heterocycles. The van der Waals surface area contributed by atoms with Crippen molar-refractivity contribution in [2.75, 3.05) is 14.2 Å². The number of aliphatic hydroxyl groups is 1. The van der Waals surface area contributed by atoms with E-state index in [9.17, 15) is 14.7 Å². The third kappa shape index (κ3) is 5.16. The Hall–Kier alpha value is -4.24. The van der Waals surface area contributed by atoms with Crippen molar-refractivity contribution < 1.29 is 24.2 Å². The minimum atomic E-state index is -0.434. The molecule has 2 atom stereocenters. The maximum atomic E-state index is 13.2. The zero-order chi connectivity index (χ0) is 31.2. The predicted molar refractivity (Wildman–Crippen MR) is 168 cm³/mol. The van der Waals surface area contributed by atoms with E-state index in [4.69, 9.17) is 19.4 Å². The maximum Gasteiger partial charge on any atom is 0.340 e. The summed E-state index contributed by atoms with van der Waals surface area (Å²) in [5.74, 6) is -0.820. The van der Waals surface area contributed by atoms with Crippen molar-refractivity contribution in [1.82, 2.24) is 19.9 Å². The third-order valence-electron chi connectivity index (χ3n) is 9.20. The van der Waals surface area contributed by atoms with Crippen molar-refractivity contribution in [2.45, 2.75) is 79.2 Å². The van der Waals surface area contributed by atoms with Crippen molar-refractivity contribution in [3.05, 3.63) is 68.8 Å². The van der Waals surface area contributed by atoms with Gasteiger partial charge in [-0.1, -0.05) is 13.8 Å². The van der Waals surface area contributed by atoms with Crippen LogP contribution in [0.3, 0.4) is 0 Å². The van der Waals surface area contributed by atoms with Gasteiger partial charge in [-0.15, -0.1) is 0 Å². The molecule has 0 radical (unpaired) electrons. The number of allylic oxidation sites excluding steroid dienone is 2. The van der Waals surface area contributed by atoms with Crippen LogP contribution in [0, 0.1) is 20.8 Å². The van der Waals surface area contributed by atoms with Gasteiger partial charge in [0, 0.05) is 51.8 Å². The molecule has 9 heteroatoms. The van der Waals surface area contributed by atoms with E-state index in [1.54, 1.807) is 0 Å². The predicted octanol–water partition coefficient (Wildman–Crippen LogP) is 6.70. The summed E-state index contributed by atoms with van der Waals surface area (Å²) in [6.45, 7) is 12.0. The normalized spacial score (nSPS) is 16.5. The number of methoxy groups -OCH3 is 2. The van der Waals surface area contributed by atoms with E-state index in [-0.39, 0.29) is 30.8 Å². The number of aliphatic hydroxyl groups excluding tert-OH is 1. The molecule has 0 aliphatic carbocycles. The summed E-state index contributed by atoms with van der Waals surface area (Å²) in [6, 6.07) is 6.02. The van der Waals surface area contributed by atoms with E-state index in [1.807, 2.05) is 39.0 Å². The highest BCUT2D eigenvalue weighted by atomic mass is 16.5. The molecule has 0 unspecified atom stereocenters. The highest BCUT2D eigenvalue weighted by Gasteiger charge is 2.32. The first kappa shape index (κ1) is 30.2. The highest BCUT2D eigenvalue weighted by molar-refractivity contribution is 6.03. The van der Waals surface area contributed by atoms with Crippen LogP contribution >= 0.6 is 0 Å². The number of hydrogen-bond donors (Lipinski definition) is 3. The zero-order valence-corrected chi connectivity index (χ0v) is 26.2. The summed E-state index contributed by atoms with van der Waals surface area (Å²) in [4.78, 5) is 42.6. The number of rotatable bonds is 6. The number of fused-ring (bicyclic) bond motifs is 8. The second kappa shape index (κ2) is 11.8. The first-order valence-electron chi connectivity index (χ1n) is 14.7. The molecule has 0 saturated carbocycles. The molecule has 9 nitrogen and oxygen atoms in total. The van der Waals surface area contributed by atoms with Crippen LogP contribution in [0.4, 0.5) is 0 Å². The number of nitrogens with one attached hydrogen (secondary N) is 2. The standard InChI is InChI=1S/C34H40N4O5/c1-9-21-16(2)25-13-29-23(15-39)18(4)24(36-29)12-26-17(3)22(10-11-30(40)42-7)32(37-26)20(6)33-31(34(41)43-8)19(5)27(38-33)14-28(21)35-25/h12-14,17,22,36,38-39H,9-11,15H2,1-8H3/t17-,22-/m0/s1. The van der Waals surface area contributed by atoms with Gasteiger partial charge >= 0.3 is 11.9 Å². The molecule has 43 heavy (non-hydrogen) atoms. The molecule has 3 N–H and O–H groups in total. The largest absolute Gasteiger partial charge is 0.469 e. The van der Waals surface area contributed by atoms with Crippen molar-refractivity contribution in [3.63, 3.8) is 0 Å². The number of aryl methyl sites for hydroxylation is 3. The fraction of sp³-hybridized carbons (Fsp3) is 0.412. The second-order valence-corrected chi connectivity index (χ2v) is 11.4. The minimum Gasteiger partial charge on any atom is -0.469 e. The summed E-state index contributed by atoms with van der Waals surface area (Å²) in [5, 5.41) is 10.3. The Kier molecular flexibility index (Phi) is 8.29. The van der Waals surface area contributed by atoms with Gasteiger partial charge in [0.2, 0.25) is 0 Å². The Morgan fingerprint density at radius 1 is 0.907 bits per heavy atom. The lowest BCUT2D eigenvalue weighted by Crippen LogP contribution is -2.09. The van der Waals surface area contributed by atoms with Crippen LogP contribution in [0.25, 0.3) is 33.2 Å². The van der Waals surface area contributed by atoms with Crippen molar-refractivity contribution in [2.24, 2.45) is 0 Å². The Bertz CT molecular complexity index is 1830. The summed E-state index contributed by atoms with van der Waals surface area (Å²) in [5.41, 5.74) is 12.4. The smallest absolute Gasteiger partial charge is 0.340 e. The molecule has 0 amide bonds. The third-order valence-corrected chi connectivity index (χ3v) is 9.20. The number of ether oxygens (including phenoxy) is 2. The number of hydrogen-bond acceptors (Lipinski definition) is 7. The first-order valence-corrected chi connectivity index (χ1v) is 14.7. The van der Waals surface area contributed by atoms with Gasteiger partial charge in [-0.05, 0) is 86.6 Å². The van der Waals surface area contributed by atoms with Crippen molar-refractivity contribution >= 4 is 45.2 Å². The van der Waals surface area contributed by atoms with Gasteiger partial charge in [0.1, 0.15) is 0 Å². The number of nitrogens with zero attached hydrogens (tertiary/aromatic N) is 2. The number of aromatic amines is 2. The number of esters is 2. The van der Waals surface area contributed by atoms with Crippen LogP contribution in [0.2, 0.25) is 0 Å².